The van der Waals surface area contributed by atoms with Gasteiger partial charge in [-0.1, -0.05) is 29.3 Å². The highest BCUT2D eigenvalue weighted by molar-refractivity contribution is 7.92. The minimum absolute atomic E-state index is 0.00521. The van der Waals surface area contributed by atoms with Crippen LogP contribution in [0.1, 0.15) is 12.0 Å². The van der Waals surface area contributed by atoms with Crippen molar-refractivity contribution in [1.82, 2.24) is 14.9 Å². The number of nitrogens with one attached hydrogen (secondary N) is 2. The van der Waals surface area contributed by atoms with Gasteiger partial charge in [0, 0.05) is 31.2 Å². The molecule has 2 aromatic carbocycles. The van der Waals surface area contributed by atoms with E-state index in [0.717, 1.165) is 18.5 Å². The van der Waals surface area contributed by atoms with Gasteiger partial charge in [0.1, 0.15) is 5.75 Å². The lowest BCUT2D eigenvalue weighted by molar-refractivity contribution is -0.123. The monoisotopic (exact) mass is 462 g/mol. The molecule has 31 heavy (non-hydrogen) atoms. The van der Waals surface area contributed by atoms with Gasteiger partial charge >= 0.3 is 0 Å². The normalized spacial score (nSPS) is 11.2. The van der Waals surface area contributed by atoms with Crippen molar-refractivity contribution in [2.24, 2.45) is 0 Å². The number of imidazole rings is 1. The Bertz CT molecular complexity index is 1120. The van der Waals surface area contributed by atoms with Crippen LogP contribution in [0.3, 0.4) is 0 Å². The number of benzene rings is 2. The van der Waals surface area contributed by atoms with Gasteiger partial charge in [-0.2, -0.15) is 0 Å². The molecule has 0 aliphatic heterocycles. The van der Waals surface area contributed by atoms with E-state index in [4.69, 9.17) is 16.3 Å². The first-order valence-corrected chi connectivity index (χ1v) is 11.4. The lowest BCUT2D eigenvalue weighted by atomic mass is 10.2. The Morgan fingerprint density at radius 3 is 2.65 bits per heavy atom. The molecular formula is C21H23ClN4O4S. The second-order valence-corrected chi connectivity index (χ2v) is 8.95. The molecule has 0 bridgehead atoms. The second-order valence-electron chi connectivity index (χ2n) is 6.86. The third-order valence-corrected chi connectivity index (χ3v) is 6.02. The summed E-state index contributed by atoms with van der Waals surface area (Å²) in [6.07, 6.45) is 6.02. The van der Waals surface area contributed by atoms with Gasteiger partial charge < -0.3 is 14.6 Å². The van der Waals surface area contributed by atoms with E-state index in [1.165, 1.54) is 18.2 Å². The highest BCUT2D eigenvalue weighted by Gasteiger charge is 2.17. The molecule has 2 N–H and O–H groups in total. The highest BCUT2D eigenvalue weighted by Crippen LogP contribution is 2.28. The van der Waals surface area contributed by atoms with Crippen LogP contribution in [0.2, 0.25) is 5.02 Å². The summed E-state index contributed by atoms with van der Waals surface area (Å²) >= 11 is 6.17. The van der Waals surface area contributed by atoms with Crippen LogP contribution in [0.5, 0.6) is 5.75 Å². The fraction of sp³-hybridized carbons (Fsp3) is 0.238. The SMILES string of the molecule is Cc1ccc(NS(=O)(=O)c2ccc(OCC(=O)NCCCn3ccnc3)c(Cl)c2)cc1. The second kappa shape index (κ2) is 10.3. The number of ether oxygens (including phenoxy) is 1. The molecule has 0 aliphatic carbocycles. The number of aromatic nitrogens is 2. The lowest BCUT2D eigenvalue weighted by Gasteiger charge is -2.12. The Kier molecular flexibility index (Phi) is 7.54. The Morgan fingerprint density at radius 2 is 1.97 bits per heavy atom. The number of rotatable bonds is 10. The maximum Gasteiger partial charge on any atom is 0.261 e. The van der Waals surface area contributed by atoms with Gasteiger partial charge in [-0.05, 0) is 43.7 Å². The summed E-state index contributed by atoms with van der Waals surface area (Å²) in [5.41, 5.74) is 1.47. The lowest BCUT2D eigenvalue weighted by Crippen LogP contribution is -2.30. The fourth-order valence-electron chi connectivity index (χ4n) is 2.70. The standard InChI is InChI=1S/C21H23ClN4O4S/c1-16-3-5-17(6-4-16)25-31(28,29)18-7-8-20(19(22)13-18)30-14-21(27)24-9-2-11-26-12-10-23-15-26/h3-8,10,12-13,15,25H,2,9,11,14H2,1H3,(H,24,27). The third-order valence-electron chi connectivity index (χ3n) is 4.35. The molecule has 1 heterocycles. The zero-order chi connectivity index (χ0) is 22.3. The van der Waals surface area contributed by atoms with Crippen LogP contribution in [-0.4, -0.2) is 37.0 Å². The third kappa shape index (κ3) is 6.73. The van der Waals surface area contributed by atoms with Crippen molar-refractivity contribution in [3.8, 4) is 5.75 Å². The van der Waals surface area contributed by atoms with Crippen LogP contribution in [0.25, 0.3) is 0 Å². The van der Waals surface area contributed by atoms with Gasteiger partial charge in [-0.25, -0.2) is 13.4 Å². The summed E-state index contributed by atoms with van der Waals surface area (Å²) < 4.78 is 35.0. The quantitative estimate of drug-likeness (QED) is 0.450. The summed E-state index contributed by atoms with van der Waals surface area (Å²) in [6.45, 7) is 2.94. The molecule has 164 valence electrons. The average Bonchev–Trinajstić information content (AvgIpc) is 3.25. The largest absolute Gasteiger partial charge is 0.482 e. The van der Waals surface area contributed by atoms with Crippen molar-refractivity contribution in [2.75, 3.05) is 17.9 Å². The van der Waals surface area contributed by atoms with Crippen LogP contribution in [-0.2, 0) is 21.4 Å². The van der Waals surface area contributed by atoms with Crippen molar-refractivity contribution < 1.29 is 17.9 Å². The van der Waals surface area contributed by atoms with Crippen LogP contribution >= 0.6 is 11.6 Å². The van der Waals surface area contributed by atoms with Gasteiger partial charge in [0.25, 0.3) is 15.9 Å². The average molecular weight is 463 g/mol. The van der Waals surface area contributed by atoms with Crippen LogP contribution in [0, 0.1) is 6.92 Å². The van der Waals surface area contributed by atoms with E-state index >= 15 is 0 Å². The summed E-state index contributed by atoms with van der Waals surface area (Å²) in [6, 6.07) is 11.1. The molecule has 0 spiro atoms. The number of carbonyl (C=O) groups excluding carboxylic acids is 1. The smallest absolute Gasteiger partial charge is 0.261 e. The highest BCUT2D eigenvalue weighted by atomic mass is 35.5. The molecule has 1 aromatic heterocycles. The van der Waals surface area contributed by atoms with Crippen molar-refractivity contribution in [3.63, 3.8) is 0 Å². The van der Waals surface area contributed by atoms with E-state index < -0.39 is 10.0 Å². The molecule has 0 aliphatic rings. The zero-order valence-corrected chi connectivity index (χ0v) is 18.5. The number of hydrogen-bond donors (Lipinski definition) is 2. The number of amides is 1. The number of hydrogen-bond acceptors (Lipinski definition) is 5. The summed E-state index contributed by atoms with van der Waals surface area (Å²) in [7, 11) is -3.81. The molecule has 3 rings (SSSR count). The molecule has 0 atom stereocenters. The van der Waals surface area contributed by atoms with Gasteiger partial charge in [-0.3, -0.25) is 9.52 Å². The topological polar surface area (TPSA) is 102 Å². The molecule has 0 fully saturated rings. The first-order valence-electron chi connectivity index (χ1n) is 9.58. The molecule has 0 saturated heterocycles. The van der Waals surface area contributed by atoms with E-state index in [1.807, 2.05) is 29.8 Å². The molecular weight excluding hydrogens is 440 g/mol. The first kappa shape index (κ1) is 22.6. The van der Waals surface area contributed by atoms with Gasteiger partial charge in [0.15, 0.2) is 6.61 Å². The molecule has 8 nitrogen and oxygen atoms in total. The van der Waals surface area contributed by atoms with E-state index in [2.05, 4.69) is 15.0 Å². The van der Waals surface area contributed by atoms with Crippen LogP contribution in [0.15, 0.2) is 66.1 Å². The van der Waals surface area contributed by atoms with Crippen molar-refractivity contribution >= 4 is 33.2 Å². The number of halogens is 1. The molecule has 3 aromatic rings. The zero-order valence-electron chi connectivity index (χ0n) is 16.9. The Morgan fingerprint density at radius 1 is 1.19 bits per heavy atom. The minimum atomic E-state index is -3.81. The number of sulfonamides is 1. The van der Waals surface area contributed by atoms with Crippen molar-refractivity contribution in [3.05, 3.63) is 71.8 Å². The first-order chi connectivity index (χ1) is 14.8. The van der Waals surface area contributed by atoms with E-state index in [1.54, 1.807) is 24.7 Å². The maximum atomic E-state index is 12.6. The van der Waals surface area contributed by atoms with Gasteiger partial charge in [0.2, 0.25) is 0 Å². The molecule has 0 saturated carbocycles. The summed E-state index contributed by atoms with van der Waals surface area (Å²) in [5, 5.41) is 2.85. The van der Waals surface area contributed by atoms with E-state index in [0.29, 0.717) is 12.2 Å². The van der Waals surface area contributed by atoms with Crippen molar-refractivity contribution in [2.45, 2.75) is 24.8 Å². The summed E-state index contributed by atoms with van der Waals surface area (Å²) in [5.74, 6) is -0.0658. The maximum absolute atomic E-state index is 12.6. The van der Waals surface area contributed by atoms with Crippen LogP contribution in [0.4, 0.5) is 5.69 Å². The van der Waals surface area contributed by atoms with Crippen molar-refractivity contribution in [1.29, 1.82) is 0 Å². The predicted octanol–water partition coefficient (Wildman–Crippen LogP) is 3.23. The van der Waals surface area contributed by atoms with E-state index in [9.17, 15) is 13.2 Å². The summed E-state index contributed by atoms with van der Waals surface area (Å²) in [4.78, 5) is 15.9. The Labute approximate surface area is 186 Å². The number of aryl methyl sites for hydroxylation is 2. The molecule has 1 amide bonds. The molecule has 0 radical (unpaired) electrons. The van der Waals surface area contributed by atoms with Gasteiger partial charge in [0.05, 0.1) is 16.2 Å². The molecule has 0 unspecified atom stereocenters. The Balaban J connectivity index is 1.50. The number of carbonyl (C=O) groups is 1. The fourth-order valence-corrected chi connectivity index (χ4v) is 4.09. The predicted molar refractivity (Wildman–Crippen MR) is 119 cm³/mol. The number of anilines is 1. The minimum Gasteiger partial charge on any atom is -0.482 e. The molecule has 10 heteroatoms. The van der Waals surface area contributed by atoms with Crippen LogP contribution < -0.4 is 14.8 Å². The number of nitrogens with zero attached hydrogens (tertiary/aromatic N) is 2. The Hall–Kier alpha value is -3.04. The van der Waals surface area contributed by atoms with Gasteiger partial charge in [-0.15, -0.1) is 0 Å². The van der Waals surface area contributed by atoms with E-state index in [-0.39, 0.29) is 28.2 Å².